The smallest absolute Gasteiger partial charge is 0.260 e. The van der Waals surface area contributed by atoms with Crippen LogP contribution in [-0.2, 0) is 4.79 Å². The Morgan fingerprint density at radius 2 is 1.80 bits per heavy atom. The minimum absolute atomic E-state index is 0.0530. The topological polar surface area (TPSA) is 41.6 Å². The maximum atomic E-state index is 12.3. The van der Waals surface area contributed by atoms with Crippen molar-refractivity contribution in [1.82, 2.24) is 10.2 Å². The molecule has 3 rings (SSSR count). The van der Waals surface area contributed by atoms with E-state index in [-0.39, 0.29) is 5.91 Å². The second-order valence-corrected chi connectivity index (χ2v) is 6.78. The molecule has 2 aromatic carbocycles. The van der Waals surface area contributed by atoms with Gasteiger partial charge < -0.3 is 15.0 Å². The molecule has 0 bridgehead atoms. The van der Waals surface area contributed by atoms with Crippen LogP contribution in [0.5, 0.6) is 5.75 Å². The van der Waals surface area contributed by atoms with Gasteiger partial charge in [-0.15, -0.1) is 0 Å². The van der Waals surface area contributed by atoms with E-state index in [1.165, 1.54) is 25.7 Å². The first-order chi connectivity index (χ1) is 12.2. The van der Waals surface area contributed by atoms with E-state index in [1.807, 2.05) is 49.4 Å². The quantitative estimate of drug-likeness (QED) is 0.873. The van der Waals surface area contributed by atoms with Crippen LogP contribution in [-0.4, -0.2) is 43.1 Å². The van der Waals surface area contributed by atoms with E-state index in [4.69, 9.17) is 4.74 Å². The number of ether oxygens (including phenoxy) is 1. The highest BCUT2D eigenvalue weighted by atomic mass is 16.5. The summed E-state index contributed by atoms with van der Waals surface area (Å²) >= 11 is 0. The fourth-order valence-corrected chi connectivity index (χ4v) is 3.38. The minimum atomic E-state index is -0.505. The first kappa shape index (κ1) is 17.7. The summed E-state index contributed by atoms with van der Waals surface area (Å²) in [5.74, 6) is 0.705. The van der Waals surface area contributed by atoms with Gasteiger partial charge in [0.25, 0.3) is 5.91 Å². The molecule has 134 valence electrons. The Balaban J connectivity index is 1.50. The fraction of sp³-hybridized carbons (Fsp3) is 0.476. The van der Waals surface area contributed by atoms with Crippen LogP contribution >= 0.6 is 0 Å². The Bertz CT molecular complexity index is 688. The maximum absolute atomic E-state index is 12.3. The largest absolute Gasteiger partial charge is 0.480 e. The zero-order chi connectivity index (χ0) is 17.5. The third-order valence-corrected chi connectivity index (χ3v) is 4.85. The number of hydrogen-bond donors (Lipinski definition) is 1. The van der Waals surface area contributed by atoms with Gasteiger partial charge in [-0.2, -0.15) is 0 Å². The second-order valence-electron chi connectivity index (χ2n) is 6.78. The molecule has 0 unspecified atom stereocenters. The Labute approximate surface area is 150 Å². The third-order valence-electron chi connectivity index (χ3n) is 4.85. The van der Waals surface area contributed by atoms with Crippen LogP contribution in [0.1, 0.15) is 32.6 Å². The first-order valence-corrected chi connectivity index (χ1v) is 9.38. The van der Waals surface area contributed by atoms with Gasteiger partial charge in [-0.25, -0.2) is 0 Å². The highest BCUT2D eigenvalue weighted by Gasteiger charge is 2.16. The van der Waals surface area contributed by atoms with Crippen LogP contribution in [0.4, 0.5) is 0 Å². The number of carbonyl (C=O) groups is 1. The maximum Gasteiger partial charge on any atom is 0.260 e. The van der Waals surface area contributed by atoms with E-state index in [9.17, 15) is 4.79 Å². The SMILES string of the molecule is C[C@H](Oc1cccc2ccccc12)C(=O)NCCN1CCCCCC1. The standard InChI is InChI=1S/C21H28N2O2/c1-17(21(24)22-13-16-23-14-6-2-3-7-15-23)25-20-12-8-10-18-9-4-5-11-19(18)20/h4-5,8-12,17H,2-3,6-7,13-16H2,1H3,(H,22,24)/t17-/m0/s1. The number of carbonyl (C=O) groups excluding carboxylic acids is 1. The van der Waals surface area contributed by atoms with Gasteiger partial charge in [0, 0.05) is 18.5 Å². The molecule has 1 amide bonds. The molecule has 0 saturated carbocycles. The van der Waals surface area contributed by atoms with E-state index in [0.717, 1.165) is 36.2 Å². The van der Waals surface area contributed by atoms with Gasteiger partial charge in [-0.3, -0.25) is 4.79 Å². The molecule has 1 aliphatic rings. The van der Waals surface area contributed by atoms with Crippen molar-refractivity contribution < 1.29 is 9.53 Å². The van der Waals surface area contributed by atoms with Crippen molar-refractivity contribution in [1.29, 1.82) is 0 Å². The molecule has 1 atom stereocenters. The average Bonchev–Trinajstić information content (AvgIpc) is 2.91. The summed E-state index contributed by atoms with van der Waals surface area (Å²) in [5.41, 5.74) is 0. The summed E-state index contributed by atoms with van der Waals surface area (Å²) in [6.45, 7) is 5.72. The zero-order valence-corrected chi connectivity index (χ0v) is 15.0. The van der Waals surface area contributed by atoms with Crippen LogP contribution in [0.2, 0.25) is 0 Å². The van der Waals surface area contributed by atoms with Crippen molar-refractivity contribution >= 4 is 16.7 Å². The lowest BCUT2D eigenvalue weighted by atomic mass is 10.1. The van der Waals surface area contributed by atoms with E-state index in [2.05, 4.69) is 10.2 Å². The average molecular weight is 340 g/mol. The summed E-state index contributed by atoms with van der Waals surface area (Å²) in [5, 5.41) is 5.17. The molecule has 4 nitrogen and oxygen atoms in total. The minimum Gasteiger partial charge on any atom is -0.480 e. The number of fused-ring (bicyclic) bond motifs is 1. The van der Waals surface area contributed by atoms with Crippen molar-refractivity contribution in [3.63, 3.8) is 0 Å². The zero-order valence-electron chi connectivity index (χ0n) is 15.0. The van der Waals surface area contributed by atoms with Crippen molar-refractivity contribution in [3.05, 3.63) is 42.5 Å². The van der Waals surface area contributed by atoms with E-state index in [1.54, 1.807) is 0 Å². The molecule has 0 spiro atoms. The number of rotatable bonds is 6. The van der Waals surface area contributed by atoms with Crippen LogP contribution in [0, 0.1) is 0 Å². The number of amides is 1. The molecule has 25 heavy (non-hydrogen) atoms. The Hall–Kier alpha value is -2.07. The van der Waals surface area contributed by atoms with Gasteiger partial charge >= 0.3 is 0 Å². The molecule has 1 N–H and O–H groups in total. The molecule has 4 heteroatoms. The molecular formula is C21H28N2O2. The molecular weight excluding hydrogens is 312 g/mol. The van der Waals surface area contributed by atoms with Gasteiger partial charge in [0.1, 0.15) is 5.75 Å². The molecule has 2 aromatic rings. The summed E-state index contributed by atoms with van der Waals surface area (Å²) in [6.07, 6.45) is 4.70. The predicted octanol–water partition coefficient (Wildman–Crippen LogP) is 3.60. The van der Waals surface area contributed by atoms with Gasteiger partial charge in [0.2, 0.25) is 0 Å². The molecule has 0 aromatic heterocycles. The number of hydrogen-bond acceptors (Lipinski definition) is 3. The second kappa shape index (κ2) is 8.86. The number of likely N-dealkylation sites (tertiary alicyclic amines) is 1. The monoisotopic (exact) mass is 340 g/mol. The lowest BCUT2D eigenvalue weighted by molar-refractivity contribution is -0.127. The molecule has 1 fully saturated rings. The molecule has 1 heterocycles. The van der Waals surface area contributed by atoms with E-state index >= 15 is 0 Å². The lowest BCUT2D eigenvalue weighted by Crippen LogP contribution is -2.41. The van der Waals surface area contributed by atoms with Crippen LogP contribution < -0.4 is 10.1 Å². The van der Waals surface area contributed by atoms with Crippen molar-refractivity contribution in [2.24, 2.45) is 0 Å². The van der Waals surface area contributed by atoms with Crippen molar-refractivity contribution in [3.8, 4) is 5.75 Å². The third kappa shape index (κ3) is 4.95. The Kier molecular flexibility index (Phi) is 6.29. The van der Waals surface area contributed by atoms with Gasteiger partial charge in [-0.05, 0) is 44.3 Å². The van der Waals surface area contributed by atoms with Gasteiger partial charge in [0.15, 0.2) is 6.10 Å². The fourth-order valence-electron chi connectivity index (χ4n) is 3.38. The Morgan fingerprint density at radius 3 is 2.60 bits per heavy atom. The highest BCUT2D eigenvalue weighted by Crippen LogP contribution is 2.26. The molecule has 1 aliphatic heterocycles. The summed E-state index contributed by atoms with van der Waals surface area (Å²) in [4.78, 5) is 14.8. The predicted molar refractivity (Wildman–Crippen MR) is 102 cm³/mol. The molecule has 0 aliphatic carbocycles. The van der Waals surface area contributed by atoms with Crippen molar-refractivity contribution in [2.75, 3.05) is 26.2 Å². The summed E-state index contributed by atoms with van der Waals surface area (Å²) in [6, 6.07) is 14.0. The van der Waals surface area contributed by atoms with Gasteiger partial charge in [0.05, 0.1) is 0 Å². The number of nitrogens with one attached hydrogen (secondary N) is 1. The normalized spacial score (nSPS) is 17.0. The van der Waals surface area contributed by atoms with Crippen molar-refractivity contribution in [2.45, 2.75) is 38.7 Å². The van der Waals surface area contributed by atoms with Crippen LogP contribution in [0.15, 0.2) is 42.5 Å². The Morgan fingerprint density at radius 1 is 1.08 bits per heavy atom. The van der Waals surface area contributed by atoms with Gasteiger partial charge in [-0.1, -0.05) is 49.2 Å². The van der Waals surface area contributed by atoms with E-state index in [0.29, 0.717) is 6.54 Å². The summed E-state index contributed by atoms with van der Waals surface area (Å²) < 4.78 is 5.93. The lowest BCUT2D eigenvalue weighted by Gasteiger charge is -2.21. The van der Waals surface area contributed by atoms with Crippen LogP contribution in [0.3, 0.4) is 0 Å². The molecule has 1 saturated heterocycles. The summed E-state index contributed by atoms with van der Waals surface area (Å²) in [7, 11) is 0. The van der Waals surface area contributed by atoms with E-state index < -0.39 is 6.10 Å². The number of benzene rings is 2. The molecule has 0 radical (unpaired) electrons. The first-order valence-electron chi connectivity index (χ1n) is 9.38. The van der Waals surface area contributed by atoms with Crippen LogP contribution in [0.25, 0.3) is 10.8 Å². The highest BCUT2D eigenvalue weighted by molar-refractivity contribution is 5.89. The number of nitrogens with zero attached hydrogens (tertiary/aromatic N) is 1.